The van der Waals surface area contributed by atoms with Crippen LogP contribution in [-0.4, -0.2) is 9.55 Å². The lowest BCUT2D eigenvalue weighted by atomic mass is 10.3. The Labute approximate surface area is 79.7 Å². The maximum Gasteiger partial charge on any atom is 0.255 e. The van der Waals surface area contributed by atoms with Crippen molar-refractivity contribution < 1.29 is 0 Å². The quantitative estimate of drug-likeness (QED) is 0.638. The van der Waals surface area contributed by atoms with Crippen molar-refractivity contribution in [3.63, 3.8) is 0 Å². The van der Waals surface area contributed by atoms with Gasteiger partial charge in [0.1, 0.15) is 0 Å². The van der Waals surface area contributed by atoms with E-state index in [1.807, 2.05) is 20.0 Å². The van der Waals surface area contributed by atoms with Crippen LogP contribution in [0.5, 0.6) is 0 Å². The second-order valence-electron chi connectivity index (χ2n) is 3.12. The van der Waals surface area contributed by atoms with E-state index in [1.54, 1.807) is 23.0 Å². The van der Waals surface area contributed by atoms with Crippen molar-refractivity contribution in [2.24, 2.45) is 7.05 Å². The molecule has 2 heterocycles. The fraction of sp³-hybridized carbons (Fsp3) is 0.333. The molecule has 0 fully saturated rings. The molecule has 0 saturated heterocycles. The smallest absolute Gasteiger partial charge is 0.255 e. The number of rotatable bonds is 0. The number of hydrogen-bond donors (Lipinski definition) is 0. The molecule has 0 aliphatic carbocycles. The molecule has 0 spiro atoms. The van der Waals surface area contributed by atoms with Gasteiger partial charge < -0.3 is 4.57 Å². The molecular formula is C9H10N2OS. The number of fused-ring (bicyclic) bond motifs is 1. The average molecular weight is 194 g/mol. The highest BCUT2D eigenvalue weighted by Crippen LogP contribution is 2.21. The van der Waals surface area contributed by atoms with Gasteiger partial charge in [-0.15, -0.1) is 11.3 Å². The summed E-state index contributed by atoms with van der Waals surface area (Å²) >= 11 is 1.62. The van der Waals surface area contributed by atoms with Gasteiger partial charge in [-0.1, -0.05) is 0 Å². The second-order valence-corrected chi connectivity index (χ2v) is 4.35. The fourth-order valence-electron chi connectivity index (χ4n) is 1.40. The van der Waals surface area contributed by atoms with Crippen LogP contribution in [0.4, 0.5) is 0 Å². The van der Waals surface area contributed by atoms with Crippen molar-refractivity contribution in [1.82, 2.24) is 9.55 Å². The summed E-state index contributed by atoms with van der Waals surface area (Å²) in [5.74, 6) is 0. The van der Waals surface area contributed by atoms with E-state index in [2.05, 4.69) is 4.98 Å². The molecule has 68 valence electrons. The molecule has 0 N–H and O–H groups in total. The largest absolute Gasteiger partial charge is 0.317 e. The van der Waals surface area contributed by atoms with Crippen LogP contribution in [0.1, 0.15) is 10.6 Å². The van der Waals surface area contributed by atoms with Gasteiger partial charge in [-0.25, -0.2) is 4.98 Å². The predicted octanol–water partition coefficient (Wildman–Crippen LogP) is 1.61. The second kappa shape index (κ2) is 2.67. The minimum absolute atomic E-state index is 0.0396. The van der Waals surface area contributed by atoms with Crippen molar-refractivity contribution in [2.45, 2.75) is 13.8 Å². The first-order valence-electron chi connectivity index (χ1n) is 4.03. The zero-order chi connectivity index (χ0) is 9.59. The zero-order valence-corrected chi connectivity index (χ0v) is 8.60. The van der Waals surface area contributed by atoms with Crippen LogP contribution in [0, 0.1) is 13.8 Å². The first kappa shape index (κ1) is 8.44. The van der Waals surface area contributed by atoms with Crippen molar-refractivity contribution in [3.05, 3.63) is 27.1 Å². The van der Waals surface area contributed by atoms with Crippen molar-refractivity contribution in [3.8, 4) is 0 Å². The van der Waals surface area contributed by atoms with Gasteiger partial charge in [0.2, 0.25) is 0 Å². The summed E-state index contributed by atoms with van der Waals surface area (Å²) in [6.07, 6.45) is 1.84. The summed E-state index contributed by atoms with van der Waals surface area (Å²) in [4.78, 5) is 15.8. The van der Waals surface area contributed by atoms with Gasteiger partial charge in [-0.05, 0) is 13.8 Å². The summed E-state index contributed by atoms with van der Waals surface area (Å²) in [6.45, 7) is 3.78. The number of aryl methyl sites for hydroxylation is 3. The lowest BCUT2D eigenvalue weighted by Gasteiger charge is -1.98. The van der Waals surface area contributed by atoms with E-state index in [0.717, 1.165) is 20.8 Å². The van der Waals surface area contributed by atoms with Gasteiger partial charge in [-0.3, -0.25) is 4.79 Å². The van der Waals surface area contributed by atoms with Crippen LogP contribution in [0.15, 0.2) is 11.0 Å². The van der Waals surface area contributed by atoms with E-state index < -0.39 is 0 Å². The zero-order valence-electron chi connectivity index (χ0n) is 7.79. The van der Waals surface area contributed by atoms with Crippen LogP contribution >= 0.6 is 11.3 Å². The highest BCUT2D eigenvalue weighted by atomic mass is 32.1. The number of hydrogen-bond acceptors (Lipinski definition) is 3. The lowest BCUT2D eigenvalue weighted by Crippen LogP contribution is -2.18. The molecule has 0 bridgehead atoms. The lowest BCUT2D eigenvalue weighted by molar-refractivity contribution is 0.860. The van der Waals surface area contributed by atoms with E-state index in [-0.39, 0.29) is 5.56 Å². The molecule has 2 aromatic rings. The Bertz CT molecular complexity index is 524. The minimum atomic E-state index is 0.0396. The number of pyridine rings is 1. The Hall–Kier alpha value is -1.16. The molecule has 0 radical (unpaired) electrons. The van der Waals surface area contributed by atoms with Crippen molar-refractivity contribution >= 4 is 21.6 Å². The van der Waals surface area contributed by atoms with Gasteiger partial charge in [0.25, 0.3) is 5.56 Å². The summed E-state index contributed by atoms with van der Waals surface area (Å²) in [5.41, 5.74) is 1.63. The Morgan fingerprint density at radius 1 is 1.46 bits per heavy atom. The minimum Gasteiger partial charge on any atom is -0.317 e. The molecule has 0 aromatic carbocycles. The third kappa shape index (κ3) is 1.18. The fourth-order valence-corrected chi connectivity index (χ4v) is 2.36. The van der Waals surface area contributed by atoms with E-state index in [0.29, 0.717) is 0 Å². The monoisotopic (exact) mass is 194 g/mol. The van der Waals surface area contributed by atoms with Crippen LogP contribution in [0.2, 0.25) is 0 Å². The SMILES string of the molecule is Cc1nc2c(C)c(=O)n(C)cc2s1. The molecular weight excluding hydrogens is 184 g/mol. The number of nitrogens with zero attached hydrogens (tertiary/aromatic N) is 2. The Morgan fingerprint density at radius 2 is 2.15 bits per heavy atom. The maximum absolute atomic E-state index is 11.5. The molecule has 13 heavy (non-hydrogen) atoms. The molecule has 0 unspecified atom stereocenters. The molecule has 2 rings (SSSR count). The normalized spacial score (nSPS) is 11.0. The van der Waals surface area contributed by atoms with Gasteiger partial charge in [0.15, 0.2) is 0 Å². The summed E-state index contributed by atoms with van der Waals surface area (Å²) in [5, 5.41) is 1.00. The van der Waals surface area contributed by atoms with Gasteiger partial charge >= 0.3 is 0 Å². The van der Waals surface area contributed by atoms with Crippen molar-refractivity contribution in [2.75, 3.05) is 0 Å². The van der Waals surface area contributed by atoms with E-state index in [1.165, 1.54) is 0 Å². The topological polar surface area (TPSA) is 34.9 Å². The van der Waals surface area contributed by atoms with Gasteiger partial charge in [0, 0.05) is 18.8 Å². The standard InChI is InChI=1S/C9H10N2OS/c1-5-8-7(13-6(2)10-8)4-11(3)9(5)12/h4H,1-3H3. The summed E-state index contributed by atoms with van der Waals surface area (Å²) in [6, 6.07) is 0. The van der Waals surface area contributed by atoms with Gasteiger partial charge in [-0.2, -0.15) is 0 Å². The predicted molar refractivity (Wildman–Crippen MR) is 54.3 cm³/mol. The van der Waals surface area contributed by atoms with Crippen LogP contribution in [0.3, 0.4) is 0 Å². The highest BCUT2D eigenvalue weighted by molar-refractivity contribution is 7.18. The molecule has 3 nitrogen and oxygen atoms in total. The third-order valence-electron chi connectivity index (χ3n) is 2.07. The first-order valence-corrected chi connectivity index (χ1v) is 4.84. The third-order valence-corrected chi connectivity index (χ3v) is 2.97. The van der Waals surface area contributed by atoms with Gasteiger partial charge in [0.05, 0.1) is 15.2 Å². The summed E-state index contributed by atoms with van der Waals surface area (Å²) in [7, 11) is 1.77. The van der Waals surface area contributed by atoms with E-state index in [9.17, 15) is 4.79 Å². The number of thiazole rings is 1. The average Bonchev–Trinajstić information content (AvgIpc) is 2.42. The molecule has 2 aromatic heterocycles. The Morgan fingerprint density at radius 3 is 2.85 bits per heavy atom. The molecule has 0 aliphatic rings. The first-order chi connectivity index (χ1) is 6.09. The Balaban J connectivity index is 3.01. The Kier molecular flexibility index (Phi) is 1.73. The maximum atomic E-state index is 11.5. The molecule has 0 saturated carbocycles. The molecule has 0 aliphatic heterocycles. The van der Waals surface area contributed by atoms with E-state index in [4.69, 9.17) is 0 Å². The van der Waals surface area contributed by atoms with Crippen LogP contribution in [0.25, 0.3) is 10.2 Å². The molecule has 0 amide bonds. The molecule has 4 heteroatoms. The van der Waals surface area contributed by atoms with Crippen molar-refractivity contribution in [1.29, 1.82) is 0 Å². The van der Waals surface area contributed by atoms with Crippen LogP contribution in [-0.2, 0) is 7.05 Å². The molecule has 0 atom stereocenters. The van der Waals surface area contributed by atoms with E-state index >= 15 is 0 Å². The highest BCUT2D eigenvalue weighted by Gasteiger charge is 2.07. The summed E-state index contributed by atoms with van der Waals surface area (Å²) < 4.78 is 2.69. The van der Waals surface area contributed by atoms with Crippen LogP contribution < -0.4 is 5.56 Å². The number of aromatic nitrogens is 2.